The monoisotopic (exact) mass is 379 g/mol. The Bertz CT molecular complexity index is 761. The Balaban J connectivity index is 1.68. The molecule has 1 aromatic carbocycles. The van der Waals surface area contributed by atoms with E-state index in [4.69, 9.17) is 20.9 Å². The zero-order valence-electron chi connectivity index (χ0n) is 14.8. The number of hydrogen-bond donors (Lipinski definition) is 2. The average Bonchev–Trinajstić information content (AvgIpc) is 3.08. The van der Waals surface area contributed by atoms with E-state index in [1.807, 2.05) is 19.1 Å². The summed E-state index contributed by atoms with van der Waals surface area (Å²) in [5, 5.41) is 9.86. The van der Waals surface area contributed by atoms with Crippen molar-refractivity contribution in [2.24, 2.45) is 0 Å². The number of aromatic nitrogens is 2. The second-order valence-electron chi connectivity index (χ2n) is 6.00. The van der Waals surface area contributed by atoms with Crippen molar-refractivity contribution >= 4 is 29.0 Å². The first-order chi connectivity index (χ1) is 12.6. The zero-order chi connectivity index (χ0) is 18.5. The lowest BCUT2D eigenvalue weighted by Crippen LogP contribution is -2.36. The van der Waals surface area contributed by atoms with Crippen LogP contribution in [0, 0.1) is 6.92 Å². The van der Waals surface area contributed by atoms with Crippen molar-refractivity contribution in [1.29, 1.82) is 0 Å². The number of nitrogens with one attached hydrogen (secondary N) is 2. The maximum Gasteiger partial charge on any atom is 0.319 e. The average molecular weight is 380 g/mol. The van der Waals surface area contributed by atoms with Crippen LogP contribution in [0.1, 0.15) is 31.1 Å². The number of carbonyl (C=O) groups excluding carboxylic acids is 1. The highest BCUT2D eigenvalue weighted by Gasteiger charge is 2.20. The van der Waals surface area contributed by atoms with Gasteiger partial charge in [0.1, 0.15) is 6.04 Å². The van der Waals surface area contributed by atoms with Crippen molar-refractivity contribution in [1.82, 2.24) is 15.5 Å². The largest absolute Gasteiger partial charge is 0.378 e. The molecule has 2 aromatic rings. The molecule has 26 heavy (non-hydrogen) atoms. The van der Waals surface area contributed by atoms with Gasteiger partial charge in [0, 0.05) is 18.8 Å². The smallest absolute Gasteiger partial charge is 0.319 e. The summed E-state index contributed by atoms with van der Waals surface area (Å²) in [5.41, 5.74) is 1.54. The number of aryl methyl sites for hydroxylation is 1. The van der Waals surface area contributed by atoms with Crippen molar-refractivity contribution < 1.29 is 14.1 Å². The van der Waals surface area contributed by atoms with Crippen LogP contribution >= 0.6 is 11.6 Å². The summed E-state index contributed by atoms with van der Waals surface area (Å²) in [7, 11) is 0. The summed E-state index contributed by atoms with van der Waals surface area (Å²) >= 11 is 6.24. The van der Waals surface area contributed by atoms with Crippen LogP contribution in [-0.4, -0.2) is 42.5 Å². The lowest BCUT2D eigenvalue weighted by Gasteiger charge is -2.29. The third-order valence-electron chi connectivity index (χ3n) is 4.13. The Labute approximate surface area is 156 Å². The maximum absolute atomic E-state index is 12.4. The molecule has 0 unspecified atom stereocenters. The number of carbonyl (C=O) groups is 1. The molecule has 0 saturated carbocycles. The number of ether oxygens (including phenoxy) is 1. The number of urea groups is 1. The van der Waals surface area contributed by atoms with Gasteiger partial charge in [-0.25, -0.2) is 4.79 Å². The lowest BCUT2D eigenvalue weighted by molar-refractivity contribution is 0.122. The van der Waals surface area contributed by atoms with Crippen molar-refractivity contribution in [3.63, 3.8) is 0 Å². The van der Waals surface area contributed by atoms with Crippen molar-refractivity contribution in [2.45, 2.75) is 26.3 Å². The number of nitrogens with zero attached hydrogens (tertiary/aromatic N) is 3. The normalized spacial score (nSPS) is 15.6. The molecule has 1 atom stereocenters. The van der Waals surface area contributed by atoms with E-state index >= 15 is 0 Å². The van der Waals surface area contributed by atoms with E-state index in [2.05, 4.69) is 25.7 Å². The van der Waals surface area contributed by atoms with Gasteiger partial charge in [0.05, 0.1) is 23.9 Å². The van der Waals surface area contributed by atoms with E-state index in [0.29, 0.717) is 42.1 Å². The van der Waals surface area contributed by atoms with Crippen molar-refractivity contribution in [2.75, 3.05) is 36.5 Å². The van der Waals surface area contributed by atoms with Gasteiger partial charge in [-0.1, -0.05) is 23.7 Å². The Morgan fingerprint density at radius 3 is 2.81 bits per heavy atom. The second kappa shape index (κ2) is 8.37. The number of amides is 2. The molecule has 1 aromatic heterocycles. The molecular formula is C17H22ClN5O3. The van der Waals surface area contributed by atoms with Gasteiger partial charge in [-0.05, 0) is 31.5 Å². The van der Waals surface area contributed by atoms with Crippen LogP contribution in [0.2, 0.25) is 5.02 Å². The van der Waals surface area contributed by atoms with E-state index in [1.54, 1.807) is 13.0 Å². The van der Waals surface area contributed by atoms with E-state index < -0.39 is 0 Å². The van der Waals surface area contributed by atoms with Gasteiger partial charge in [-0.3, -0.25) is 0 Å². The van der Waals surface area contributed by atoms with Gasteiger partial charge in [0.2, 0.25) is 5.89 Å². The first kappa shape index (κ1) is 18.5. The molecule has 1 aliphatic heterocycles. The number of halogens is 1. The highest BCUT2D eigenvalue weighted by molar-refractivity contribution is 6.33. The standard InChI is InChI=1S/C17H22ClN5O3/c1-3-14(16-19-11(2)22-26-16)20-17(24)21-15-10-12(4-5-13(15)18)23-6-8-25-9-7-23/h4-5,10,14H,3,6-9H2,1-2H3,(H2,20,21,24)/t14-/m0/s1. The highest BCUT2D eigenvalue weighted by Crippen LogP contribution is 2.28. The summed E-state index contributed by atoms with van der Waals surface area (Å²) in [5.74, 6) is 0.912. The third kappa shape index (κ3) is 4.44. The van der Waals surface area contributed by atoms with Gasteiger partial charge < -0.3 is 24.8 Å². The molecule has 1 saturated heterocycles. The minimum absolute atomic E-state index is 0.364. The Morgan fingerprint density at radius 1 is 1.38 bits per heavy atom. The molecule has 9 heteroatoms. The Morgan fingerprint density at radius 2 is 2.15 bits per heavy atom. The highest BCUT2D eigenvalue weighted by atomic mass is 35.5. The van der Waals surface area contributed by atoms with Gasteiger partial charge in [-0.2, -0.15) is 4.98 Å². The molecule has 2 N–H and O–H groups in total. The van der Waals surface area contributed by atoms with E-state index in [9.17, 15) is 4.79 Å². The molecule has 2 heterocycles. The Kier molecular flexibility index (Phi) is 5.95. The predicted octanol–water partition coefficient (Wildman–Crippen LogP) is 3.14. The fourth-order valence-corrected chi connectivity index (χ4v) is 2.90. The van der Waals surface area contributed by atoms with Gasteiger partial charge in [-0.15, -0.1) is 0 Å². The predicted molar refractivity (Wildman–Crippen MR) is 98.7 cm³/mol. The van der Waals surface area contributed by atoms with E-state index in [0.717, 1.165) is 18.8 Å². The second-order valence-corrected chi connectivity index (χ2v) is 6.41. The van der Waals surface area contributed by atoms with Crippen LogP contribution < -0.4 is 15.5 Å². The molecule has 0 aliphatic carbocycles. The third-order valence-corrected chi connectivity index (χ3v) is 4.46. The molecule has 8 nitrogen and oxygen atoms in total. The lowest BCUT2D eigenvalue weighted by atomic mass is 10.2. The molecule has 0 bridgehead atoms. The van der Waals surface area contributed by atoms with Crippen LogP contribution in [0.3, 0.4) is 0 Å². The van der Waals surface area contributed by atoms with Gasteiger partial charge in [0.25, 0.3) is 0 Å². The fraction of sp³-hybridized carbons (Fsp3) is 0.471. The zero-order valence-corrected chi connectivity index (χ0v) is 15.5. The molecule has 0 radical (unpaired) electrons. The van der Waals surface area contributed by atoms with Crippen molar-refractivity contribution in [3.05, 3.63) is 34.9 Å². The number of morpholine rings is 1. The molecule has 3 rings (SSSR count). The Hall–Kier alpha value is -2.32. The molecule has 140 valence electrons. The van der Waals surface area contributed by atoms with Gasteiger partial charge in [0.15, 0.2) is 5.82 Å². The fourth-order valence-electron chi connectivity index (χ4n) is 2.74. The van der Waals surface area contributed by atoms with Crippen LogP contribution in [0.4, 0.5) is 16.2 Å². The molecule has 1 aliphatic rings. The van der Waals surface area contributed by atoms with Crippen molar-refractivity contribution in [3.8, 4) is 0 Å². The van der Waals surface area contributed by atoms with Crippen LogP contribution in [0.15, 0.2) is 22.7 Å². The molecule has 0 spiro atoms. The first-order valence-corrected chi connectivity index (χ1v) is 8.94. The number of benzene rings is 1. The summed E-state index contributed by atoms with van der Waals surface area (Å²) in [6.07, 6.45) is 0.622. The summed E-state index contributed by atoms with van der Waals surface area (Å²) in [6, 6.07) is 4.84. The number of rotatable bonds is 5. The number of anilines is 2. The van der Waals surface area contributed by atoms with Crippen LogP contribution in [-0.2, 0) is 4.74 Å². The van der Waals surface area contributed by atoms with Crippen LogP contribution in [0.5, 0.6) is 0 Å². The van der Waals surface area contributed by atoms with Gasteiger partial charge >= 0.3 is 6.03 Å². The maximum atomic E-state index is 12.4. The number of hydrogen-bond acceptors (Lipinski definition) is 6. The SMILES string of the molecule is CC[C@H](NC(=O)Nc1cc(N2CCOCC2)ccc1Cl)c1nc(C)no1. The first-order valence-electron chi connectivity index (χ1n) is 8.56. The molecule has 2 amide bonds. The van der Waals surface area contributed by atoms with E-state index in [1.165, 1.54) is 0 Å². The minimum atomic E-state index is -0.381. The van der Waals surface area contributed by atoms with E-state index in [-0.39, 0.29) is 12.1 Å². The summed E-state index contributed by atoms with van der Waals surface area (Å²) in [4.78, 5) is 18.8. The summed E-state index contributed by atoms with van der Waals surface area (Å²) in [6.45, 7) is 6.65. The van der Waals surface area contributed by atoms with Crippen LogP contribution in [0.25, 0.3) is 0 Å². The minimum Gasteiger partial charge on any atom is -0.378 e. The summed E-state index contributed by atoms with van der Waals surface area (Å²) < 4.78 is 10.5. The molecular weight excluding hydrogens is 358 g/mol. The molecule has 1 fully saturated rings. The topological polar surface area (TPSA) is 92.5 Å². The quantitative estimate of drug-likeness (QED) is 0.829.